The van der Waals surface area contributed by atoms with Crippen molar-refractivity contribution in [2.45, 2.75) is 40.0 Å². The van der Waals surface area contributed by atoms with Gasteiger partial charge in [0.05, 0.1) is 28.1 Å². The second kappa shape index (κ2) is 9.61. The number of hydrogen-bond donors (Lipinski definition) is 0. The zero-order valence-corrected chi connectivity index (χ0v) is 25.5. The van der Waals surface area contributed by atoms with Crippen molar-refractivity contribution < 1.29 is 4.42 Å². The van der Waals surface area contributed by atoms with Crippen molar-refractivity contribution >= 4 is 43.9 Å². The standard InChI is InChI=1S/C39H32N4O/c1-23-19-31(30-14-10-13-28-29-18-17-25(3)40-38(29)44-37(28)30)41-34(20-23)39(4,5)35-21-24(2)22-36(42-35)43-32-15-8-6-11-26(32)27-12-7-9-16-33(27)43/h6-22H,1-5H3. The van der Waals surface area contributed by atoms with Crippen molar-refractivity contribution in [3.05, 3.63) is 131 Å². The Kier molecular flexibility index (Phi) is 5.76. The van der Waals surface area contributed by atoms with Crippen molar-refractivity contribution in [2.75, 3.05) is 0 Å². The number of aryl methyl sites for hydroxylation is 3. The summed E-state index contributed by atoms with van der Waals surface area (Å²) >= 11 is 0. The first-order valence-electron chi connectivity index (χ1n) is 15.0. The van der Waals surface area contributed by atoms with Crippen LogP contribution in [-0.4, -0.2) is 19.5 Å². The zero-order chi connectivity index (χ0) is 30.2. The van der Waals surface area contributed by atoms with Crippen LogP contribution in [0.15, 0.2) is 108 Å². The zero-order valence-electron chi connectivity index (χ0n) is 25.5. The first kappa shape index (κ1) is 26.3. The number of hydrogen-bond acceptors (Lipinski definition) is 4. The Bertz CT molecular complexity index is 2360. The number of para-hydroxylation sites is 3. The molecule has 0 aliphatic heterocycles. The van der Waals surface area contributed by atoms with Gasteiger partial charge in [0.2, 0.25) is 5.71 Å². The Morgan fingerprint density at radius 1 is 0.591 bits per heavy atom. The molecule has 0 fully saturated rings. The number of pyridine rings is 3. The summed E-state index contributed by atoms with van der Waals surface area (Å²) in [5, 5.41) is 4.51. The van der Waals surface area contributed by atoms with E-state index in [-0.39, 0.29) is 0 Å². The van der Waals surface area contributed by atoms with Gasteiger partial charge in [-0.2, -0.15) is 0 Å². The normalized spacial score (nSPS) is 12.2. The number of furan rings is 1. The molecule has 0 unspecified atom stereocenters. The fraction of sp³-hybridized carbons (Fsp3) is 0.154. The molecule has 0 N–H and O–H groups in total. The molecular formula is C39H32N4O. The highest BCUT2D eigenvalue weighted by molar-refractivity contribution is 6.09. The van der Waals surface area contributed by atoms with Gasteiger partial charge in [-0.3, -0.25) is 9.55 Å². The van der Waals surface area contributed by atoms with E-state index in [1.807, 2.05) is 13.0 Å². The summed E-state index contributed by atoms with van der Waals surface area (Å²) in [6.07, 6.45) is 0. The molecule has 0 bridgehead atoms. The summed E-state index contributed by atoms with van der Waals surface area (Å²) in [7, 11) is 0. The third-order valence-electron chi connectivity index (χ3n) is 8.80. The average molecular weight is 573 g/mol. The van der Waals surface area contributed by atoms with Crippen LogP contribution in [0.3, 0.4) is 0 Å². The van der Waals surface area contributed by atoms with Crippen LogP contribution in [0.1, 0.15) is 42.1 Å². The van der Waals surface area contributed by atoms with Crippen LogP contribution in [0.4, 0.5) is 0 Å². The van der Waals surface area contributed by atoms with E-state index < -0.39 is 5.41 Å². The molecule has 44 heavy (non-hydrogen) atoms. The molecule has 8 aromatic rings. The van der Waals surface area contributed by atoms with Gasteiger partial charge in [-0.25, -0.2) is 9.97 Å². The van der Waals surface area contributed by atoms with Crippen LogP contribution >= 0.6 is 0 Å². The van der Waals surface area contributed by atoms with Crippen LogP contribution in [0.25, 0.3) is 61.0 Å². The molecule has 5 aromatic heterocycles. The summed E-state index contributed by atoms with van der Waals surface area (Å²) in [6.45, 7) is 10.7. The third-order valence-corrected chi connectivity index (χ3v) is 8.80. The molecule has 8 rings (SSSR count). The van der Waals surface area contributed by atoms with Crippen molar-refractivity contribution in [3.8, 4) is 17.1 Å². The Hall–Kier alpha value is -5.29. The van der Waals surface area contributed by atoms with Crippen molar-refractivity contribution in [1.82, 2.24) is 19.5 Å². The Labute approximate surface area is 255 Å². The Morgan fingerprint density at radius 3 is 1.95 bits per heavy atom. The van der Waals surface area contributed by atoms with E-state index in [4.69, 9.17) is 14.4 Å². The van der Waals surface area contributed by atoms with E-state index in [1.165, 1.54) is 10.8 Å². The molecule has 0 aliphatic rings. The minimum atomic E-state index is -0.471. The molecule has 0 spiro atoms. The molecule has 0 saturated carbocycles. The topological polar surface area (TPSA) is 56.7 Å². The molecule has 0 atom stereocenters. The van der Waals surface area contributed by atoms with Crippen LogP contribution in [-0.2, 0) is 5.41 Å². The van der Waals surface area contributed by atoms with Crippen LogP contribution < -0.4 is 0 Å². The molecular weight excluding hydrogens is 540 g/mol. The van der Waals surface area contributed by atoms with Gasteiger partial charge in [-0.1, -0.05) is 48.5 Å². The molecule has 0 saturated heterocycles. The smallest absolute Gasteiger partial charge is 0.227 e. The van der Waals surface area contributed by atoms with Gasteiger partial charge in [-0.05, 0) is 100 Å². The number of fused-ring (bicyclic) bond motifs is 6. The lowest BCUT2D eigenvalue weighted by molar-refractivity contribution is 0.593. The third kappa shape index (κ3) is 4.04. The second-order valence-corrected chi connectivity index (χ2v) is 12.4. The SMILES string of the molecule is Cc1cc(-c2cccc3c2oc2nc(C)ccc23)nc(C(C)(C)c2cc(C)cc(-n3c4ccccc4c4ccccc43)n2)c1. The van der Waals surface area contributed by atoms with E-state index >= 15 is 0 Å². The summed E-state index contributed by atoms with van der Waals surface area (Å²) in [4.78, 5) is 15.3. The minimum absolute atomic E-state index is 0.471. The number of nitrogens with zero attached hydrogens (tertiary/aromatic N) is 4. The van der Waals surface area contributed by atoms with Crippen molar-refractivity contribution in [3.63, 3.8) is 0 Å². The number of benzene rings is 3. The van der Waals surface area contributed by atoms with Gasteiger partial charge in [0.1, 0.15) is 11.4 Å². The lowest BCUT2D eigenvalue weighted by atomic mass is 9.83. The summed E-state index contributed by atoms with van der Waals surface area (Å²) < 4.78 is 8.63. The van der Waals surface area contributed by atoms with Gasteiger partial charge >= 0.3 is 0 Å². The Morgan fingerprint density at radius 2 is 1.23 bits per heavy atom. The highest BCUT2D eigenvalue weighted by Gasteiger charge is 2.29. The molecule has 0 aliphatic carbocycles. The van der Waals surface area contributed by atoms with Crippen LogP contribution in [0.5, 0.6) is 0 Å². The van der Waals surface area contributed by atoms with Gasteiger partial charge in [-0.15, -0.1) is 0 Å². The van der Waals surface area contributed by atoms with E-state index in [9.17, 15) is 0 Å². The van der Waals surface area contributed by atoms with Gasteiger partial charge in [0.15, 0.2) is 0 Å². The maximum Gasteiger partial charge on any atom is 0.227 e. The molecule has 5 heteroatoms. The molecule has 3 aromatic carbocycles. The van der Waals surface area contributed by atoms with E-state index in [0.717, 1.165) is 72.7 Å². The molecule has 5 nitrogen and oxygen atoms in total. The van der Waals surface area contributed by atoms with Crippen molar-refractivity contribution in [2.24, 2.45) is 0 Å². The first-order valence-corrected chi connectivity index (χ1v) is 15.0. The number of aromatic nitrogens is 4. The van der Waals surface area contributed by atoms with E-state index in [0.29, 0.717) is 5.71 Å². The van der Waals surface area contributed by atoms with Crippen LogP contribution in [0.2, 0.25) is 0 Å². The monoisotopic (exact) mass is 572 g/mol. The Balaban J connectivity index is 1.29. The fourth-order valence-corrected chi connectivity index (χ4v) is 6.48. The highest BCUT2D eigenvalue weighted by atomic mass is 16.3. The lowest BCUT2D eigenvalue weighted by Gasteiger charge is -2.26. The first-order chi connectivity index (χ1) is 21.3. The summed E-state index contributed by atoms with van der Waals surface area (Å²) in [6, 6.07) is 36.1. The summed E-state index contributed by atoms with van der Waals surface area (Å²) in [5.74, 6) is 0.910. The predicted molar refractivity (Wildman–Crippen MR) is 180 cm³/mol. The molecule has 0 amide bonds. The average Bonchev–Trinajstić information content (AvgIpc) is 3.55. The van der Waals surface area contributed by atoms with Gasteiger partial charge in [0, 0.05) is 38.2 Å². The number of rotatable bonds is 4. The summed E-state index contributed by atoms with van der Waals surface area (Å²) in [5.41, 5.74) is 10.3. The molecule has 5 heterocycles. The largest absolute Gasteiger partial charge is 0.437 e. The van der Waals surface area contributed by atoms with Gasteiger partial charge < -0.3 is 4.42 Å². The predicted octanol–water partition coefficient (Wildman–Crippen LogP) is 9.79. The van der Waals surface area contributed by atoms with Crippen LogP contribution in [0, 0.1) is 20.8 Å². The van der Waals surface area contributed by atoms with E-state index in [1.54, 1.807) is 0 Å². The second-order valence-electron chi connectivity index (χ2n) is 12.4. The molecule has 0 radical (unpaired) electrons. The lowest BCUT2D eigenvalue weighted by Crippen LogP contribution is -2.23. The van der Waals surface area contributed by atoms with Gasteiger partial charge in [0.25, 0.3) is 0 Å². The molecule has 214 valence electrons. The van der Waals surface area contributed by atoms with Crippen molar-refractivity contribution in [1.29, 1.82) is 0 Å². The quantitative estimate of drug-likeness (QED) is 0.211. The highest BCUT2D eigenvalue weighted by Crippen LogP contribution is 2.38. The fourth-order valence-electron chi connectivity index (χ4n) is 6.48. The minimum Gasteiger partial charge on any atom is -0.437 e. The van der Waals surface area contributed by atoms with E-state index in [2.05, 4.69) is 134 Å². The maximum absolute atomic E-state index is 6.35. The maximum atomic E-state index is 6.35.